The number of nitrogens with zero attached hydrogens (tertiary/aromatic N) is 5. The van der Waals surface area contributed by atoms with Gasteiger partial charge < -0.3 is 21.4 Å². The molecule has 11 nitrogen and oxygen atoms in total. The zero-order valence-electron chi connectivity index (χ0n) is 16.4. The Kier molecular flexibility index (Phi) is 4.29. The van der Waals surface area contributed by atoms with Crippen LogP contribution in [0.5, 0.6) is 0 Å². The van der Waals surface area contributed by atoms with Crippen molar-refractivity contribution < 1.29 is 14.7 Å². The number of fused-ring (bicyclic) bond motifs is 2. The number of aliphatic hydroxyl groups excluding tert-OH is 1. The summed E-state index contributed by atoms with van der Waals surface area (Å²) in [5, 5.41) is 21.5. The molecule has 6 N–H and O–H groups in total. The molecular formula is C20H14N8O3S. The lowest BCUT2D eigenvalue weighted by Gasteiger charge is -2.15. The molecule has 0 radical (unpaired) electrons. The van der Waals surface area contributed by atoms with Crippen molar-refractivity contribution in [3.8, 4) is 6.07 Å². The standard InChI is InChI=1S/C20H14N8O3S/c1-28-15(20(30)31-27-28)12-10(7-21)17(23)26-19-13(12)14(22)16(32-19)18(29)25-9-2-3-11-8(6-9)4-5-24-11/h2-6,27,30H,22H2,1H3,(H2,23,26). The van der Waals surface area contributed by atoms with Gasteiger partial charge in [-0.3, -0.25) is 14.8 Å². The molecule has 0 unspecified atom stereocenters. The van der Waals surface area contributed by atoms with Gasteiger partial charge in [0.1, 0.15) is 32.9 Å². The minimum Gasteiger partial charge on any atom is -0.478 e. The molecule has 0 bridgehead atoms. The van der Waals surface area contributed by atoms with Gasteiger partial charge >= 0.3 is 5.95 Å². The second-order valence-electron chi connectivity index (χ2n) is 6.89. The van der Waals surface area contributed by atoms with Crippen LogP contribution in [0.3, 0.4) is 0 Å². The highest BCUT2D eigenvalue weighted by molar-refractivity contribution is 7.21. The van der Waals surface area contributed by atoms with Gasteiger partial charge in [-0.15, -0.1) is 11.3 Å². The smallest absolute Gasteiger partial charge is 0.325 e. The Bertz CT molecular complexity index is 1450. The molecule has 0 spiro atoms. The summed E-state index contributed by atoms with van der Waals surface area (Å²) in [5.74, 6) is -1.11. The molecule has 2 aliphatic heterocycles. The van der Waals surface area contributed by atoms with Crippen molar-refractivity contribution in [1.29, 1.82) is 5.26 Å². The van der Waals surface area contributed by atoms with Crippen molar-refractivity contribution >= 4 is 56.1 Å². The molecule has 1 aliphatic carbocycles. The van der Waals surface area contributed by atoms with Crippen LogP contribution in [0.15, 0.2) is 52.0 Å². The maximum absolute atomic E-state index is 13.0. The largest absolute Gasteiger partial charge is 0.478 e. The van der Waals surface area contributed by atoms with Gasteiger partial charge in [0.05, 0.1) is 17.1 Å². The molecule has 1 amide bonds. The van der Waals surface area contributed by atoms with E-state index in [1.165, 1.54) is 5.01 Å². The molecule has 0 fully saturated rings. The number of nitrogens with two attached hydrogens (primary N) is 2. The number of aliphatic hydroxyl groups is 1. The van der Waals surface area contributed by atoms with Crippen LogP contribution >= 0.6 is 11.3 Å². The van der Waals surface area contributed by atoms with E-state index in [0.29, 0.717) is 15.9 Å². The van der Waals surface area contributed by atoms with Crippen LogP contribution in [0.1, 0.15) is 20.8 Å². The monoisotopic (exact) mass is 446 g/mol. The first-order chi connectivity index (χ1) is 15.4. The molecule has 4 heterocycles. The van der Waals surface area contributed by atoms with Crippen LogP contribution in [-0.2, 0) is 4.84 Å². The van der Waals surface area contributed by atoms with Crippen LogP contribution in [0.4, 0.5) is 11.5 Å². The highest BCUT2D eigenvalue weighted by atomic mass is 32.1. The lowest BCUT2D eigenvalue weighted by molar-refractivity contribution is -0.0112. The van der Waals surface area contributed by atoms with E-state index in [9.17, 15) is 15.2 Å². The molecule has 0 atom stereocenters. The van der Waals surface area contributed by atoms with E-state index in [1.807, 2.05) is 12.1 Å². The number of nitrogens with one attached hydrogen (secondary N) is 1. The number of aliphatic imine (C=N–C) groups is 2. The number of carbonyl (C=O) groups is 1. The fourth-order valence-electron chi connectivity index (χ4n) is 3.53. The third kappa shape index (κ3) is 2.84. The Morgan fingerprint density at radius 2 is 2.19 bits per heavy atom. The van der Waals surface area contributed by atoms with Crippen molar-refractivity contribution in [2.45, 2.75) is 0 Å². The van der Waals surface area contributed by atoms with Crippen LogP contribution in [-0.4, -0.2) is 39.5 Å². The van der Waals surface area contributed by atoms with Crippen LogP contribution < -0.4 is 17.1 Å². The summed E-state index contributed by atoms with van der Waals surface area (Å²) in [4.78, 5) is 31.0. The number of thiophene rings is 1. The third-order valence-corrected chi connectivity index (χ3v) is 6.06. The van der Waals surface area contributed by atoms with E-state index in [0.717, 1.165) is 22.6 Å². The number of carbonyl (C=O) groups excluding carboxylic acids is 1. The molecule has 0 saturated carbocycles. The molecule has 2 aromatic heterocycles. The average molecular weight is 446 g/mol. The lowest BCUT2D eigenvalue weighted by atomic mass is 10.0. The van der Waals surface area contributed by atoms with E-state index in [-0.39, 0.29) is 33.2 Å². The van der Waals surface area contributed by atoms with Gasteiger partial charge in [0.15, 0.2) is 0 Å². The lowest BCUT2D eigenvalue weighted by Crippen LogP contribution is -2.26. The second-order valence-corrected chi connectivity index (χ2v) is 7.89. The minimum absolute atomic E-state index is 0.00667. The maximum Gasteiger partial charge on any atom is 0.325 e. The summed E-state index contributed by atoms with van der Waals surface area (Å²) in [7, 11) is 1.57. The molecule has 12 heteroatoms. The van der Waals surface area contributed by atoms with Crippen molar-refractivity contribution in [3.63, 3.8) is 0 Å². The Morgan fingerprint density at radius 1 is 1.38 bits per heavy atom. The van der Waals surface area contributed by atoms with E-state index >= 15 is 0 Å². The van der Waals surface area contributed by atoms with Crippen LogP contribution in [0.2, 0.25) is 0 Å². The minimum atomic E-state index is -0.570. The Hall–Kier alpha value is -4.47. The normalized spacial score (nSPS) is 18.1. The average Bonchev–Trinajstić information content (AvgIpc) is 3.44. The van der Waals surface area contributed by atoms with Gasteiger partial charge in [-0.05, 0) is 24.3 Å². The number of hydrogen-bond acceptors (Lipinski definition) is 11. The fourth-order valence-corrected chi connectivity index (χ4v) is 4.53. The van der Waals surface area contributed by atoms with Crippen molar-refractivity contribution in [1.82, 2.24) is 15.6 Å². The van der Waals surface area contributed by atoms with E-state index in [4.69, 9.17) is 16.3 Å². The van der Waals surface area contributed by atoms with Crippen molar-refractivity contribution in [2.75, 3.05) is 18.5 Å². The fraction of sp³-hybridized carbons (Fsp3) is 0.0500. The van der Waals surface area contributed by atoms with E-state index in [2.05, 4.69) is 20.6 Å². The molecule has 0 saturated heterocycles. The predicted octanol–water partition coefficient (Wildman–Crippen LogP) is 1.94. The van der Waals surface area contributed by atoms with Gasteiger partial charge in [-0.2, -0.15) is 5.26 Å². The molecule has 158 valence electrons. The van der Waals surface area contributed by atoms with Gasteiger partial charge in [-0.25, -0.2) is 9.98 Å². The molecule has 3 aliphatic rings. The van der Waals surface area contributed by atoms with Crippen molar-refractivity contribution in [3.05, 3.63) is 58.0 Å². The summed E-state index contributed by atoms with van der Waals surface area (Å²) in [6, 6.07) is 1.99. The highest BCUT2D eigenvalue weighted by Gasteiger charge is 2.32. The van der Waals surface area contributed by atoms with Crippen molar-refractivity contribution in [2.24, 2.45) is 9.98 Å². The SMILES string of the molecule is CN1NOC(O)=C1c1c(C#N)c(N)nc2sc(C(=O)N=C3C=CC4=NC=CC4=C3)c(N)c12. The molecule has 2 aromatic rings. The quantitative estimate of drug-likeness (QED) is 0.502. The zero-order valence-corrected chi connectivity index (χ0v) is 17.3. The van der Waals surface area contributed by atoms with Gasteiger partial charge in [0, 0.05) is 29.8 Å². The van der Waals surface area contributed by atoms with Crippen LogP contribution in [0.25, 0.3) is 15.9 Å². The van der Waals surface area contributed by atoms with E-state index in [1.54, 1.807) is 31.5 Å². The topological polar surface area (TPSA) is 175 Å². The van der Waals surface area contributed by atoms with Crippen LogP contribution in [0, 0.1) is 11.3 Å². The number of rotatable bonds is 2. The molecule has 32 heavy (non-hydrogen) atoms. The summed E-state index contributed by atoms with van der Waals surface area (Å²) in [5.41, 5.74) is 17.3. The second kappa shape index (κ2) is 7.05. The predicted molar refractivity (Wildman–Crippen MR) is 120 cm³/mol. The highest BCUT2D eigenvalue weighted by Crippen LogP contribution is 2.42. The number of amides is 1. The Balaban J connectivity index is 1.67. The first-order valence-corrected chi connectivity index (χ1v) is 9.99. The number of anilines is 2. The zero-order chi connectivity index (χ0) is 22.6. The summed E-state index contributed by atoms with van der Waals surface area (Å²) in [6.45, 7) is 0. The number of nitrogen functional groups attached to an aromatic ring is 2. The Morgan fingerprint density at radius 3 is 2.91 bits per heavy atom. The summed E-state index contributed by atoms with van der Waals surface area (Å²) in [6.07, 6.45) is 8.70. The number of aromatic nitrogens is 1. The third-order valence-electron chi connectivity index (χ3n) is 4.97. The van der Waals surface area contributed by atoms with E-state index < -0.39 is 11.9 Å². The number of hydrogen-bond donors (Lipinski definition) is 4. The van der Waals surface area contributed by atoms with Gasteiger partial charge in [0.25, 0.3) is 5.91 Å². The molecule has 5 rings (SSSR count). The molecule has 0 aromatic carbocycles. The van der Waals surface area contributed by atoms with Gasteiger partial charge in [-0.1, -0.05) is 5.59 Å². The first kappa shape index (κ1) is 19.5. The summed E-state index contributed by atoms with van der Waals surface area (Å²) >= 11 is 1.00. The number of nitriles is 1. The number of hydrazine groups is 1. The molecular weight excluding hydrogens is 432 g/mol. The maximum atomic E-state index is 13.0. The number of pyridine rings is 1. The summed E-state index contributed by atoms with van der Waals surface area (Å²) < 4.78 is 0. The first-order valence-electron chi connectivity index (χ1n) is 9.18. The number of allylic oxidation sites excluding steroid dienone is 5. The van der Waals surface area contributed by atoms with Gasteiger partial charge in [0.2, 0.25) is 0 Å². The Labute approximate surface area is 184 Å².